The first-order valence-corrected chi connectivity index (χ1v) is 11.4. The van der Waals surface area contributed by atoms with Crippen molar-refractivity contribution in [3.8, 4) is 11.4 Å². The molecule has 0 saturated heterocycles. The molecule has 4 rings (SSSR count). The van der Waals surface area contributed by atoms with Crippen molar-refractivity contribution in [2.24, 2.45) is 16.0 Å². The number of non-ortho nitro benzene ring substituents is 1. The van der Waals surface area contributed by atoms with Gasteiger partial charge in [-0.05, 0) is 61.5 Å². The van der Waals surface area contributed by atoms with E-state index >= 15 is 0 Å². The molecule has 0 amide bonds. The number of nitro groups is 1. The van der Waals surface area contributed by atoms with Crippen molar-refractivity contribution >= 4 is 33.8 Å². The van der Waals surface area contributed by atoms with Gasteiger partial charge >= 0.3 is 0 Å². The predicted molar refractivity (Wildman–Crippen MR) is 136 cm³/mol. The van der Waals surface area contributed by atoms with Crippen molar-refractivity contribution in [2.75, 3.05) is 31.1 Å². The first kappa shape index (κ1) is 24.0. The molecule has 10 nitrogen and oxygen atoms in total. The lowest BCUT2D eigenvalue weighted by Gasteiger charge is -2.22. The molecule has 0 unspecified atom stereocenters. The van der Waals surface area contributed by atoms with Crippen LogP contribution in [-0.4, -0.2) is 45.8 Å². The summed E-state index contributed by atoms with van der Waals surface area (Å²) in [5.74, 6) is 0.617. The summed E-state index contributed by atoms with van der Waals surface area (Å²) < 4.78 is 1.85. The van der Waals surface area contributed by atoms with Gasteiger partial charge < -0.3 is 20.3 Å². The standard InChI is InChI=1S/C25H27N7O3/c1-2-30(14-13-26)21-9-7-20(8-10-21)29-28-19-5-3-18(4-6-19)25-27-23-17-22(32(34)35)11-12-24(23)31(25)15-16-33/h3-12,17,33H,2,13-16,26H2,1H3. The molecule has 10 heteroatoms. The predicted octanol–water partition coefficient (Wildman–Crippen LogP) is 4.80. The number of aliphatic hydroxyl groups excluding tert-OH is 1. The average Bonchev–Trinajstić information content (AvgIpc) is 3.24. The van der Waals surface area contributed by atoms with E-state index in [-0.39, 0.29) is 12.3 Å². The maximum Gasteiger partial charge on any atom is 0.271 e. The number of aliphatic hydroxyl groups is 1. The van der Waals surface area contributed by atoms with Gasteiger partial charge in [-0.3, -0.25) is 10.1 Å². The highest BCUT2D eigenvalue weighted by Crippen LogP contribution is 2.29. The van der Waals surface area contributed by atoms with Crippen LogP contribution in [0.15, 0.2) is 77.0 Å². The third-order valence-electron chi connectivity index (χ3n) is 5.67. The van der Waals surface area contributed by atoms with E-state index in [0.717, 1.165) is 35.5 Å². The summed E-state index contributed by atoms with van der Waals surface area (Å²) in [6.45, 7) is 4.61. The van der Waals surface area contributed by atoms with Gasteiger partial charge in [0.05, 0.1) is 33.9 Å². The Balaban J connectivity index is 1.55. The van der Waals surface area contributed by atoms with Crippen LogP contribution in [0.3, 0.4) is 0 Å². The molecule has 0 fully saturated rings. The average molecular weight is 474 g/mol. The third kappa shape index (κ3) is 5.34. The van der Waals surface area contributed by atoms with Gasteiger partial charge in [-0.1, -0.05) is 0 Å². The number of anilines is 1. The molecule has 0 atom stereocenters. The molecule has 0 saturated carbocycles. The number of nitrogens with zero attached hydrogens (tertiary/aromatic N) is 6. The molecular weight excluding hydrogens is 446 g/mol. The Hall–Kier alpha value is -4.15. The molecule has 4 aromatic rings. The van der Waals surface area contributed by atoms with Gasteiger partial charge in [-0.2, -0.15) is 10.2 Å². The van der Waals surface area contributed by atoms with Crippen molar-refractivity contribution < 1.29 is 10.0 Å². The summed E-state index contributed by atoms with van der Waals surface area (Å²) in [7, 11) is 0. The molecular formula is C25H27N7O3. The van der Waals surface area contributed by atoms with Crippen LogP contribution in [0.4, 0.5) is 22.7 Å². The molecule has 3 aromatic carbocycles. The van der Waals surface area contributed by atoms with Crippen LogP contribution in [0.25, 0.3) is 22.4 Å². The summed E-state index contributed by atoms with van der Waals surface area (Å²) in [5.41, 5.74) is 10.2. The molecule has 1 heterocycles. The maximum absolute atomic E-state index is 11.1. The van der Waals surface area contributed by atoms with Gasteiger partial charge in [0, 0.05) is 49.6 Å². The Morgan fingerprint density at radius 1 is 1.06 bits per heavy atom. The third-order valence-corrected chi connectivity index (χ3v) is 5.67. The summed E-state index contributed by atoms with van der Waals surface area (Å²) in [4.78, 5) is 17.5. The van der Waals surface area contributed by atoms with Crippen LogP contribution in [0, 0.1) is 10.1 Å². The number of rotatable bonds is 10. The Morgan fingerprint density at radius 3 is 2.29 bits per heavy atom. The fourth-order valence-corrected chi connectivity index (χ4v) is 3.93. The van der Waals surface area contributed by atoms with E-state index in [2.05, 4.69) is 27.0 Å². The lowest BCUT2D eigenvalue weighted by atomic mass is 10.2. The molecule has 35 heavy (non-hydrogen) atoms. The first-order valence-electron chi connectivity index (χ1n) is 11.4. The monoisotopic (exact) mass is 473 g/mol. The van der Waals surface area contributed by atoms with Crippen molar-refractivity contribution in [3.05, 3.63) is 76.8 Å². The van der Waals surface area contributed by atoms with Gasteiger partial charge in [0.25, 0.3) is 5.69 Å². The van der Waals surface area contributed by atoms with Crippen LogP contribution in [0.2, 0.25) is 0 Å². The van der Waals surface area contributed by atoms with Gasteiger partial charge in [0.1, 0.15) is 5.82 Å². The minimum Gasteiger partial charge on any atom is -0.395 e. The van der Waals surface area contributed by atoms with E-state index in [0.29, 0.717) is 30.1 Å². The molecule has 0 spiro atoms. The van der Waals surface area contributed by atoms with Crippen LogP contribution >= 0.6 is 0 Å². The Labute approximate surface area is 202 Å². The Morgan fingerprint density at radius 2 is 1.71 bits per heavy atom. The van der Waals surface area contributed by atoms with Crippen molar-refractivity contribution in [1.29, 1.82) is 0 Å². The van der Waals surface area contributed by atoms with E-state index in [1.807, 2.05) is 53.1 Å². The van der Waals surface area contributed by atoms with E-state index in [1.165, 1.54) is 12.1 Å². The zero-order valence-electron chi connectivity index (χ0n) is 19.4. The number of imidazole rings is 1. The fraction of sp³-hybridized carbons (Fsp3) is 0.240. The molecule has 1 aromatic heterocycles. The highest BCUT2D eigenvalue weighted by Gasteiger charge is 2.15. The molecule has 0 aliphatic heterocycles. The number of fused-ring (bicyclic) bond motifs is 1. The fourth-order valence-electron chi connectivity index (χ4n) is 3.93. The largest absolute Gasteiger partial charge is 0.395 e. The molecule has 0 aliphatic rings. The second kappa shape index (κ2) is 10.9. The van der Waals surface area contributed by atoms with Gasteiger partial charge in [-0.15, -0.1) is 0 Å². The first-order chi connectivity index (χ1) is 17.0. The van der Waals surface area contributed by atoms with Crippen LogP contribution < -0.4 is 10.6 Å². The number of nitro benzene ring substituents is 1. The Kier molecular flexibility index (Phi) is 7.44. The van der Waals surface area contributed by atoms with Crippen molar-refractivity contribution in [1.82, 2.24) is 9.55 Å². The summed E-state index contributed by atoms with van der Waals surface area (Å²) in [6.07, 6.45) is 0. The van der Waals surface area contributed by atoms with Crippen LogP contribution in [0.5, 0.6) is 0 Å². The minimum atomic E-state index is -0.447. The molecule has 3 N–H and O–H groups in total. The van der Waals surface area contributed by atoms with Crippen molar-refractivity contribution in [2.45, 2.75) is 13.5 Å². The number of nitrogens with two attached hydrogens (primary N) is 1. The van der Waals surface area contributed by atoms with Crippen LogP contribution in [0.1, 0.15) is 6.92 Å². The van der Waals surface area contributed by atoms with E-state index in [9.17, 15) is 15.2 Å². The zero-order valence-corrected chi connectivity index (χ0v) is 19.4. The van der Waals surface area contributed by atoms with Gasteiger partial charge in [0.15, 0.2) is 0 Å². The normalized spacial score (nSPS) is 11.4. The maximum atomic E-state index is 11.1. The van der Waals surface area contributed by atoms with Crippen LogP contribution in [-0.2, 0) is 6.54 Å². The second-order valence-corrected chi connectivity index (χ2v) is 7.87. The Bertz CT molecular complexity index is 1330. The molecule has 0 bridgehead atoms. The van der Waals surface area contributed by atoms with Crippen molar-refractivity contribution in [3.63, 3.8) is 0 Å². The van der Waals surface area contributed by atoms with E-state index < -0.39 is 4.92 Å². The summed E-state index contributed by atoms with van der Waals surface area (Å²) >= 11 is 0. The summed E-state index contributed by atoms with van der Waals surface area (Å²) in [5, 5.41) is 29.3. The van der Waals surface area contributed by atoms with Gasteiger partial charge in [-0.25, -0.2) is 4.98 Å². The van der Waals surface area contributed by atoms with E-state index in [4.69, 9.17) is 5.73 Å². The lowest BCUT2D eigenvalue weighted by Crippen LogP contribution is -2.28. The summed E-state index contributed by atoms with van der Waals surface area (Å²) in [6, 6.07) is 19.8. The number of aromatic nitrogens is 2. The molecule has 180 valence electrons. The van der Waals surface area contributed by atoms with E-state index in [1.54, 1.807) is 6.07 Å². The van der Waals surface area contributed by atoms with Gasteiger partial charge in [0.2, 0.25) is 0 Å². The zero-order chi connectivity index (χ0) is 24.8. The lowest BCUT2D eigenvalue weighted by molar-refractivity contribution is -0.384. The quantitative estimate of drug-likeness (QED) is 0.193. The number of hydrogen-bond acceptors (Lipinski definition) is 8. The number of hydrogen-bond donors (Lipinski definition) is 2. The topological polar surface area (TPSA) is 135 Å². The molecule has 0 radical (unpaired) electrons. The highest BCUT2D eigenvalue weighted by molar-refractivity contribution is 5.83. The number of azo groups is 1. The second-order valence-electron chi connectivity index (χ2n) is 7.87. The number of benzene rings is 3. The number of likely N-dealkylation sites (N-methyl/N-ethyl adjacent to an activating group) is 1. The smallest absolute Gasteiger partial charge is 0.271 e. The molecule has 0 aliphatic carbocycles. The SMILES string of the molecule is CCN(CCN)c1ccc(N=Nc2ccc(-c3nc4cc([N+](=O)[O-])ccc4n3CCO)cc2)cc1. The highest BCUT2D eigenvalue weighted by atomic mass is 16.6. The minimum absolute atomic E-state index is 0.0247.